The van der Waals surface area contributed by atoms with Gasteiger partial charge in [0.05, 0.1) is 31.1 Å². The first-order chi connectivity index (χ1) is 14.7. The molecule has 1 aromatic heterocycles. The summed E-state index contributed by atoms with van der Waals surface area (Å²) in [6.45, 7) is 2.92. The van der Waals surface area contributed by atoms with Crippen LogP contribution in [0.2, 0.25) is 0 Å². The Balaban J connectivity index is 1.57. The number of morpholine rings is 1. The van der Waals surface area contributed by atoms with Crippen LogP contribution in [0.15, 0.2) is 72.1 Å². The van der Waals surface area contributed by atoms with Crippen LogP contribution >= 0.6 is 11.3 Å². The highest BCUT2D eigenvalue weighted by atomic mass is 32.1. The molecule has 0 atom stereocenters. The number of amides is 2. The maximum absolute atomic E-state index is 13.2. The summed E-state index contributed by atoms with van der Waals surface area (Å²) in [5.74, 6) is 0.0557. The van der Waals surface area contributed by atoms with Gasteiger partial charge in [-0.05, 0) is 34.7 Å². The monoisotopic (exact) mass is 420 g/mol. The van der Waals surface area contributed by atoms with Crippen LogP contribution < -0.4 is 4.90 Å². The molecule has 2 heterocycles. The number of benzene rings is 2. The lowest BCUT2D eigenvalue weighted by atomic mass is 10.1. The van der Waals surface area contributed by atoms with E-state index in [0.29, 0.717) is 44.1 Å². The van der Waals surface area contributed by atoms with Crippen LogP contribution in [0.25, 0.3) is 0 Å². The Morgan fingerprint density at radius 3 is 2.43 bits per heavy atom. The zero-order chi connectivity index (χ0) is 20.8. The van der Waals surface area contributed by atoms with Crippen molar-refractivity contribution in [2.24, 2.45) is 0 Å². The Kier molecular flexibility index (Phi) is 6.57. The van der Waals surface area contributed by atoms with Gasteiger partial charge in [-0.25, -0.2) is 0 Å². The number of carbonyl (C=O) groups is 2. The van der Waals surface area contributed by atoms with Gasteiger partial charge in [0.15, 0.2) is 0 Å². The molecule has 0 radical (unpaired) electrons. The second-order valence-corrected chi connectivity index (χ2v) is 8.14. The number of rotatable bonds is 6. The Bertz CT molecular complexity index is 983. The van der Waals surface area contributed by atoms with E-state index in [1.807, 2.05) is 77.0 Å². The van der Waals surface area contributed by atoms with E-state index in [-0.39, 0.29) is 11.8 Å². The smallest absolute Gasteiger partial charge is 0.268 e. The first kappa shape index (κ1) is 20.3. The molecule has 1 saturated heterocycles. The van der Waals surface area contributed by atoms with Crippen LogP contribution in [-0.4, -0.2) is 43.0 Å². The second kappa shape index (κ2) is 9.69. The summed E-state index contributed by atoms with van der Waals surface area (Å²) in [5, 5.41) is 1.91. The predicted octanol–water partition coefficient (Wildman–Crippen LogP) is 4.00. The van der Waals surface area contributed by atoms with Gasteiger partial charge in [0, 0.05) is 18.8 Å². The lowest BCUT2D eigenvalue weighted by Gasteiger charge is -2.27. The molecule has 30 heavy (non-hydrogen) atoms. The molecule has 0 N–H and O–H groups in total. The Labute approximate surface area is 180 Å². The molecule has 6 heteroatoms. The Hall–Kier alpha value is -2.96. The van der Waals surface area contributed by atoms with Gasteiger partial charge in [-0.3, -0.25) is 9.59 Å². The standard InChI is InChI=1S/C24H24N2O3S/c27-23(25-11-13-29-14-12-25)17-20-8-4-9-21(16-20)26(18-19-6-2-1-3-7-19)24(28)22-10-5-15-30-22/h1-10,15-16H,11-14,17-18H2. The van der Waals surface area contributed by atoms with Gasteiger partial charge in [0.25, 0.3) is 5.91 Å². The molecule has 1 fully saturated rings. The summed E-state index contributed by atoms with van der Waals surface area (Å²) in [5.41, 5.74) is 2.75. The van der Waals surface area contributed by atoms with Crippen LogP contribution in [0.1, 0.15) is 20.8 Å². The van der Waals surface area contributed by atoms with Gasteiger partial charge in [-0.15, -0.1) is 11.3 Å². The summed E-state index contributed by atoms with van der Waals surface area (Å²) in [7, 11) is 0. The zero-order valence-corrected chi connectivity index (χ0v) is 17.5. The van der Waals surface area contributed by atoms with Crippen LogP contribution in [0.5, 0.6) is 0 Å². The van der Waals surface area contributed by atoms with Gasteiger partial charge in [-0.2, -0.15) is 0 Å². The molecule has 2 amide bonds. The molecule has 154 valence electrons. The second-order valence-electron chi connectivity index (χ2n) is 7.19. The highest BCUT2D eigenvalue weighted by Crippen LogP contribution is 2.24. The summed E-state index contributed by atoms with van der Waals surface area (Å²) < 4.78 is 5.33. The topological polar surface area (TPSA) is 49.9 Å². The number of anilines is 1. The summed E-state index contributed by atoms with van der Waals surface area (Å²) in [4.78, 5) is 30.2. The van der Waals surface area contributed by atoms with Crippen molar-refractivity contribution in [2.45, 2.75) is 13.0 Å². The predicted molar refractivity (Wildman–Crippen MR) is 119 cm³/mol. The summed E-state index contributed by atoms with van der Waals surface area (Å²) in [6.07, 6.45) is 0.320. The van der Waals surface area contributed by atoms with Crippen molar-refractivity contribution < 1.29 is 14.3 Å². The van der Waals surface area contributed by atoms with Crippen LogP contribution in [0.3, 0.4) is 0 Å². The molecule has 0 spiro atoms. The molecule has 1 aliphatic heterocycles. The quantitative estimate of drug-likeness (QED) is 0.606. The van der Waals surface area contributed by atoms with Gasteiger partial charge in [-0.1, -0.05) is 48.5 Å². The van der Waals surface area contributed by atoms with Gasteiger partial charge in [0.2, 0.25) is 5.91 Å². The van der Waals surface area contributed by atoms with Crippen molar-refractivity contribution in [3.05, 3.63) is 88.1 Å². The summed E-state index contributed by atoms with van der Waals surface area (Å²) >= 11 is 1.43. The minimum absolute atomic E-state index is 0.0366. The number of ether oxygens (including phenoxy) is 1. The molecule has 4 rings (SSSR count). The average molecular weight is 421 g/mol. The van der Waals surface area contributed by atoms with Crippen molar-refractivity contribution in [3.63, 3.8) is 0 Å². The molecule has 2 aromatic carbocycles. The van der Waals surface area contributed by atoms with Gasteiger partial charge >= 0.3 is 0 Å². The third-order valence-electron chi connectivity index (χ3n) is 5.10. The average Bonchev–Trinajstić information content (AvgIpc) is 3.33. The molecule has 1 aliphatic rings. The fourth-order valence-corrected chi connectivity index (χ4v) is 4.18. The minimum atomic E-state index is -0.0366. The van der Waals surface area contributed by atoms with E-state index in [2.05, 4.69) is 0 Å². The van der Waals surface area contributed by atoms with E-state index in [4.69, 9.17) is 4.74 Å². The van der Waals surface area contributed by atoms with Crippen LogP contribution in [0.4, 0.5) is 5.69 Å². The number of hydrogen-bond donors (Lipinski definition) is 0. The SMILES string of the molecule is O=C(Cc1cccc(N(Cc2ccccc2)C(=O)c2cccs2)c1)N1CCOCC1. The van der Waals surface area contributed by atoms with E-state index in [9.17, 15) is 9.59 Å². The minimum Gasteiger partial charge on any atom is -0.378 e. The normalized spacial score (nSPS) is 13.8. The first-order valence-corrected chi connectivity index (χ1v) is 10.9. The maximum Gasteiger partial charge on any atom is 0.268 e. The molecule has 0 saturated carbocycles. The Morgan fingerprint density at radius 1 is 0.933 bits per heavy atom. The van der Waals surface area contributed by atoms with Crippen molar-refractivity contribution in [2.75, 3.05) is 31.2 Å². The third-order valence-corrected chi connectivity index (χ3v) is 5.96. The van der Waals surface area contributed by atoms with Crippen molar-refractivity contribution >= 4 is 28.8 Å². The Morgan fingerprint density at radius 2 is 1.70 bits per heavy atom. The lowest BCUT2D eigenvalue weighted by molar-refractivity contribution is -0.134. The molecule has 0 bridgehead atoms. The van der Waals surface area contributed by atoms with E-state index in [0.717, 1.165) is 16.8 Å². The largest absolute Gasteiger partial charge is 0.378 e. The molecular weight excluding hydrogens is 396 g/mol. The maximum atomic E-state index is 13.2. The van der Waals surface area contributed by atoms with Crippen LogP contribution in [0, 0.1) is 0 Å². The summed E-state index contributed by atoms with van der Waals surface area (Å²) in [6, 6.07) is 21.4. The highest BCUT2D eigenvalue weighted by molar-refractivity contribution is 7.12. The van der Waals surface area contributed by atoms with E-state index >= 15 is 0 Å². The molecule has 0 aliphatic carbocycles. The number of carbonyl (C=O) groups excluding carboxylic acids is 2. The lowest BCUT2D eigenvalue weighted by Crippen LogP contribution is -2.41. The number of thiophene rings is 1. The highest BCUT2D eigenvalue weighted by Gasteiger charge is 2.21. The van der Waals surface area contributed by atoms with Crippen LogP contribution in [-0.2, 0) is 22.5 Å². The van der Waals surface area contributed by atoms with Gasteiger partial charge in [0.1, 0.15) is 0 Å². The molecule has 3 aromatic rings. The van der Waals surface area contributed by atoms with Crippen molar-refractivity contribution in [1.29, 1.82) is 0 Å². The van der Waals surface area contributed by atoms with E-state index < -0.39 is 0 Å². The van der Waals surface area contributed by atoms with E-state index in [1.165, 1.54) is 11.3 Å². The fraction of sp³-hybridized carbons (Fsp3) is 0.250. The fourth-order valence-electron chi connectivity index (χ4n) is 3.51. The molecule has 5 nitrogen and oxygen atoms in total. The number of nitrogens with zero attached hydrogens (tertiary/aromatic N) is 2. The van der Waals surface area contributed by atoms with Crippen molar-refractivity contribution in [1.82, 2.24) is 4.90 Å². The van der Waals surface area contributed by atoms with Gasteiger partial charge < -0.3 is 14.5 Å². The zero-order valence-electron chi connectivity index (χ0n) is 16.7. The first-order valence-electron chi connectivity index (χ1n) is 10.0. The number of hydrogen-bond acceptors (Lipinski definition) is 4. The third kappa shape index (κ3) is 4.96. The van der Waals surface area contributed by atoms with E-state index in [1.54, 1.807) is 4.90 Å². The molecule has 0 unspecified atom stereocenters. The molecular formula is C24H24N2O3S. The van der Waals surface area contributed by atoms with Crippen molar-refractivity contribution in [3.8, 4) is 0 Å².